The first-order chi connectivity index (χ1) is 17.3. The molecule has 0 N–H and O–H groups in total. The highest BCUT2D eigenvalue weighted by molar-refractivity contribution is 6.09. The molecule has 0 spiro atoms. The molecule has 4 heteroatoms. The first kappa shape index (κ1) is 19.7. The highest BCUT2D eigenvalue weighted by Crippen LogP contribution is 2.38. The summed E-state index contributed by atoms with van der Waals surface area (Å²) in [5.74, 6) is 0.839. The molecule has 0 aliphatic carbocycles. The summed E-state index contributed by atoms with van der Waals surface area (Å²) in [6.45, 7) is 2.03. The molecule has 0 aliphatic heterocycles. The van der Waals surface area contributed by atoms with Gasteiger partial charge in [0, 0.05) is 22.0 Å². The average molecular weight is 452 g/mol. The van der Waals surface area contributed by atoms with Crippen molar-refractivity contribution >= 4 is 33.0 Å². The number of rotatable bonds is 3. The third-order valence-corrected chi connectivity index (χ3v) is 6.55. The highest BCUT2D eigenvalue weighted by atomic mass is 16.3. The lowest BCUT2D eigenvalue weighted by atomic mass is 10.1. The second-order valence-corrected chi connectivity index (χ2v) is 8.71. The summed E-state index contributed by atoms with van der Waals surface area (Å²) < 4.78 is 8.60. The van der Waals surface area contributed by atoms with Gasteiger partial charge in [-0.15, -0.1) is 0 Å². The maximum atomic E-state index is 6.38. The van der Waals surface area contributed by atoms with Crippen LogP contribution in [0.15, 0.2) is 114 Å². The van der Waals surface area contributed by atoms with Crippen LogP contribution in [0.2, 0.25) is 0 Å². The normalized spacial score (nSPS) is 11.6. The molecule has 0 amide bonds. The van der Waals surface area contributed by atoms with Gasteiger partial charge in [-0.2, -0.15) is 0 Å². The largest absolute Gasteiger partial charge is 0.455 e. The number of para-hydroxylation sites is 3. The summed E-state index contributed by atoms with van der Waals surface area (Å²) in [5, 5.41) is 2.19. The number of fused-ring (bicyclic) bond motifs is 4. The molecular weight excluding hydrogens is 430 g/mol. The van der Waals surface area contributed by atoms with Crippen LogP contribution in [0.1, 0.15) is 5.69 Å². The fourth-order valence-electron chi connectivity index (χ4n) is 4.93. The van der Waals surface area contributed by atoms with Crippen LogP contribution in [-0.2, 0) is 0 Å². The molecule has 0 saturated carbocycles. The van der Waals surface area contributed by atoms with E-state index in [4.69, 9.17) is 14.4 Å². The number of hydrogen-bond donors (Lipinski definition) is 0. The number of aryl methyl sites for hydroxylation is 1. The summed E-state index contributed by atoms with van der Waals surface area (Å²) in [7, 11) is 0. The smallest absolute Gasteiger partial charge is 0.149 e. The van der Waals surface area contributed by atoms with Crippen molar-refractivity contribution < 1.29 is 4.42 Å². The number of hydrogen-bond acceptors (Lipinski definition) is 3. The second kappa shape index (κ2) is 7.67. The number of benzene rings is 4. The van der Waals surface area contributed by atoms with Gasteiger partial charge in [-0.1, -0.05) is 78.9 Å². The molecule has 0 fully saturated rings. The zero-order valence-corrected chi connectivity index (χ0v) is 19.1. The lowest BCUT2D eigenvalue weighted by Gasteiger charge is -2.11. The van der Waals surface area contributed by atoms with Crippen molar-refractivity contribution in [1.82, 2.24) is 14.5 Å². The number of aromatic nitrogens is 3. The van der Waals surface area contributed by atoms with E-state index >= 15 is 0 Å². The predicted octanol–water partition coefficient (Wildman–Crippen LogP) is 7.96. The quantitative estimate of drug-likeness (QED) is 0.274. The Kier molecular flexibility index (Phi) is 4.33. The van der Waals surface area contributed by atoms with Crippen LogP contribution in [-0.4, -0.2) is 14.5 Å². The third-order valence-electron chi connectivity index (χ3n) is 6.55. The van der Waals surface area contributed by atoms with Crippen LogP contribution in [0.4, 0.5) is 0 Å². The SMILES string of the molecule is Cc1nc(-c2ccccc2)cc2c1nc(-c1cccc3c1oc1ccccc13)n2-c1ccccc1. The Balaban J connectivity index is 1.58. The lowest BCUT2D eigenvalue weighted by Crippen LogP contribution is -1.98. The Hall–Kier alpha value is -4.70. The van der Waals surface area contributed by atoms with Crippen molar-refractivity contribution in [2.24, 2.45) is 0 Å². The van der Waals surface area contributed by atoms with Gasteiger partial charge in [0.05, 0.1) is 22.5 Å². The number of imidazole rings is 1. The first-order valence-corrected chi connectivity index (χ1v) is 11.7. The molecule has 0 bridgehead atoms. The summed E-state index contributed by atoms with van der Waals surface area (Å²) in [6, 6.07) is 37.2. The van der Waals surface area contributed by atoms with Crippen molar-refractivity contribution in [2.75, 3.05) is 0 Å². The predicted molar refractivity (Wildman–Crippen MR) is 142 cm³/mol. The minimum absolute atomic E-state index is 0.839. The minimum Gasteiger partial charge on any atom is -0.455 e. The molecule has 0 radical (unpaired) electrons. The Bertz CT molecular complexity index is 1850. The Morgan fingerprint density at radius 1 is 0.686 bits per heavy atom. The van der Waals surface area contributed by atoms with Gasteiger partial charge in [0.1, 0.15) is 22.5 Å². The van der Waals surface area contributed by atoms with E-state index in [0.29, 0.717) is 0 Å². The Morgan fingerprint density at radius 3 is 2.23 bits per heavy atom. The van der Waals surface area contributed by atoms with E-state index in [1.165, 1.54) is 0 Å². The minimum atomic E-state index is 0.839. The Morgan fingerprint density at radius 2 is 1.40 bits per heavy atom. The molecule has 0 unspecified atom stereocenters. The van der Waals surface area contributed by atoms with Gasteiger partial charge in [0.2, 0.25) is 0 Å². The average Bonchev–Trinajstić information content (AvgIpc) is 3.49. The summed E-state index contributed by atoms with van der Waals surface area (Å²) >= 11 is 0. The van der Waals surface area contributed by atoms with E-state index in [1.807, 2.05) is 49.4 Å². The van der Waals surface area contributed by atoms with Crippen molar-refractivity contribution in [1.29, 1.82) is 0 Å². The van der Waals surface area contributed by atoms with Crippen LogP contribution >= 0.6 is 0 Å². The molecule has 0 atom stereocenters. The third kappa shape index (κ3) is 3.07. The molecular formula is C31H21N3O. The second-order valence-electron chi connectivity index (χ2n) is 8.71. The highest BCUT2D eigenvalue weighted by Gasteiger charge is 2.21. The number of nitrogens with zero attached hydrogens (tertiary/aromatic N) is 3. The van der Waals surface area contributed by atoms with E-state index in [2.05, 4.69) is 71.3 Å². The maximum absolute atomic E-state index is 6.38. The zero-order chi connectivity index (χ0) is 23.4. The van der Waals surface area contributed by atoms with Crippen LogP contribution in [0, 0.1) is 6.92 Å². The summed E-state index contributed by atoms with van der Waals surface area (Å²) in [5.41, 5.74) is 8.54. The molecule has 3 heterocycles. The van der Waals surface area contributed by atoms with E-state index < -0.39 is 0 Å². The molecule has 7 rings (SSSR count). The molecule has 4 aromatic carbocycles. The van der Waals surface area contributed by atoms with Gasteiger partial charge in [0.25, 0.3) is 0 Å². The van der Waals surface area contributed by atoms with Gasteiger partial charge < -0.3 is 4.42 Å². The fourth-order valence-corrected chi connectivity index (χ4v) is 4.93. The van der Waals surface area contributed by atoms with Crippen LogP contribution in [0.5, 0.6) is 0 Å². The van der Waals surface area contributed by atoms with Crippen LogP contribution < -0.4 is 0 Å². The molecule has 7 aromatic rings. The van der Waals surface area contributed by atoms with E-state index in [-0.39, 0.29) is 0 Å². The molecule has 3 aromatic heterocycles. The lowest BCUT2D eigenvalue weighted by molar-refractivity contribution is 0.669. The van der Waals surface area contributed by atoms with E-state index in [0.717, 1.165) is 67.0 Å². The molecule has 166 valence electrons. The van der Waals surface area contributed by atoms with Crippen molar-refractivity contribution in [2.45, 2.75) is 6.92 Å². The van der Waals surface area contributed by atoms with Crippen molar-refractivity contribution in [3.05, 3.63) is 115 Å². The van der Waals surface area contributed by atoms with Crippen LogP contribution in [0.3, 0.4) is 0 Å². The molecule has 0 saturated heterocycles. The van der Waals surface area contributed by atoms with Gasteiger partial charge in [-0.25, -0.2) is 4.98 Å². The van der Waals surface area contributed by atoms with Crippen molar-refractivity contribution in [3.63, 3.8) is 0 Å². The maximum Gasteiger partial charge on any atom is 0.149 e. The van der Waals surface area contributed by atoms with Gasteiger partial charge in [-0.05, 0) is 37.3 Å². The zero-order valence-electron chi connectivity index (χ0n) is 19.1. The molecule has 35 heavy (non-hydrogen) atoms. The van der Waals surface area contributed by atoms with Gasteiger partial charge in [-0.3, -0.25) is 9.55 Å². The fraction of sp³-hybridized carbons (Fsp3) is 0.0323. The van der Waals surface area contributed by atoms with E-state index in [9.17, 15) is 0 Å². The van der Waals surface area contributed by atoms with Crippen molar-refractivity contribution in [3.8, 4) is 28.3 Å². The number of pyridine rings is 1. The van der Waals surface area contributed by atoms with E-state index in [1.54, 1.807) is 0 Å². The first-order valence-electron chi connectivity index (χ1n) is 11.7. The topological polar surface area (TPSA) is 43.9 Å². The number of furan rings is 1. The van der Waals surface area contributed by atoms with Crippen LogP contribution in [0.25, 0.3) is 61.3 Å². The summed E-state index contributed by atoms with van der Waals surface area (Å²) in [4.78, 5) is 10.1. The Labute approximate surface area is 202 Å². The summed E-state index contributed by atoms with van der Waals surface area (Å²) in [6.07, 6.45) is 0. The molecule has 0 aliphatic rings. The van der Waals surface area contributed by atoms with Gasteiger partial charge >= 0.3 is 0 Å². The van der Waals surface area contributed by atoms with Gasteiger partial charge in [0.15, 0.2) is 0 Å². The monoisotopic (exact) mass is 451 g/mol. The standard InChI is InChI=1S/C31H21N3O/c1-20-29-27(19-26(32-20)21-11-4-2-5-12-21)34(22-13-6-3-7-14-22)31(33-29)25-17-10-16-24-23-15-8-9-18-28(23)35-30(24)25/h2-19H,1H3. The molecule has 4 nitrogen and oxygen atoms in total.